The van der Waals surface area contributed by atoms with Crippen molar-refractivity contribution < 1.29 is 23.2 Å². The molecule has 8 heteroatoms. The lowest BCUT2D eigenvalue weighted by atomic mass is 9.91. The zero-order chi connectivity index (χ0) is 19.8. The van der Waals surface area contributed by atoms with Crippen LogP contribution >= 0.6 is 0 Å². The number of halogens is 2. The number of carbonyl (C=O) groups excluding carboxylic acids is 3. The number of amides is 4. The smallest absolute Gasteiger partial charge is 0.325 e. The van der Waals surface area contributed by atoms with Crippen molar-refractivity contribution in [3.63, 3.8) is 0 Å². The molecule has 26 heavy (non-hydrogen) atoms. The first-order valence-electron chi connectivity index (χ1n) is 8.39. The molecule has 0 saturated carbocycles. The molecule has 0 bridgehead atoms. The van der Waals surface area contributed by atoms with Gasteiger partial charge in [-0.05, 0) is 52.8 Å². The van der Waals surface area contributed by atoms with Crippen LogP contribution in [0.2, 0.25) is 0 Å². The Morgan fingerprint density at radius 1 is 1.19 bits per heavy atom. The molecule has 1 aliphatic heterocycles. The van der Waals surface area contributed by atoms with E-state index in [1.165, 1.54) is 6.92 Å². The molecule has 1 aliphatic rings. The van der Waals surface area contributed by atoms with Gasteiger partial charge in [0.1, 0.15) is 23.7 Å². The van der Waals surface area contributed by atoms with Gasteiger partial charge in [-0.15, -0.1) is 0 Å². The number of urea groups is 1. The second kappa shape index (κ2) is 7.01. The van der Waals surface area contributed by atoms with Crippen LogP contribution in [0.15, 0.2) is 18.2 Å². The maximum atomic E-state index is 14.1. The molecule has 1 heterocycles. The minimum Gasteiger partial charge on any atom is -0.336 e. The molecule has 0 aromatic heterocycles. The predicted molar refractivity (Wildman–Crippen MR) is 91.1 cm³/mol. The van der Waals surface area contributed by atoms with Crippen LogP contribution in [-0.4, -0.2) is 46.3 Å². The van der Waals surface area contributed by atoms with Crippen molar-refractivity contribution in [2.75, 3.05) is 6.54 Å². The fraction of sp³-hybridized carbons (Fsp3) is 0.500. The van der Waals surface area contributed by atoms with Crippen LogP contribution in [0, 0.1) is 11.6 Å². The number of hydrogen-bond acceptors (Lipinski definition) is 3. The molecule has 1 aromatic rings. The summed E-state index contributed by atoms with van der Waals surface area (Å²) in [5.74, 6) is -2.75. The SMILES string of the molecule is CC(C)N(C(=O)CN1C(=O)NC(C)(c2cc(F)ccc2F)C1=O)C(C)C. The molecule has 0 aliphatic carbocycles. The van der Waals surface area contributed by atoms with Crippen LogP contribution < -0.4 is 5.32 Å². The van der Waals surface area contributed by atoms with Crippen LogP contribution in [0.5, 0.6) is 0 Å². The molecule has 1 fully saturated rings. The monoisotopic (exact) mass is 367 g/mol. The van der Waals surface area contributed by atoms with Gasteiger partial charge in [0.05, 0.1) is 0 Å². The number of nitrogens with one attached hydrogen (secondary N) is 1. The normalized spacial score (nSPS) is 20.1. The van der Waals surface area contributed by atoms with Crippen LogP contribution in [0.3, 0.4) is 0 Å². The highest BCUT2D eigenvalue weighted by molar-refractivity contribution is 6.09. The van der Waals surface area contributed by atoms with E-state index in [4.69, 9.17) is 0 Å². The summed E-state index contributed by atoms with van der Waals surface area (Å²) in [6, 6.07) is 1.64. The topological polar surface area (TPSA) is 69.7 Å². The maximum Gasteiger partial charge on any atom is 0.325 e. The Kier molecular flexibility index (Phi) is 5.34. The summed E-state index contributed by atoms with van der Waals surface area (Å²) >= 11 is 0. The fourth-order valence-electron chi connectivity index (χ4n) is 3.29. The first kappa shape index (κ1) is 19.8. The van der Waals surface area contributed by atoms with Crippen molar-refractivity contribution in [1.29, 1.82) is 0 Å². The molecule has 0 radical (unpaired) electrons. The molecular weight excluding hydrogens is 344 g/mol. The summed E-state index contributed by atoms with van der Waals surface area (Å²) in [4.78, 5) is 39.9. The largest absolute Gasteiger partial charge is 0.336 e. The lowest BCUT2D eigenvalue weighted by molar-refractivity contribution is -0.141. The molecule has 4 amide bonds. The zero-order valence-electron chi connectivity index (χ0n) is 15.5. The third-order valence-corrected chi connectivity index (χ3v) is 4.44. The van der Waals surface area contributed by atoms with Crippen molar-refractivity contribution in [1.82, 2.24) is 15.1 Å². The molecule has 1 aromatic carbocycles. The minimum absolute atomic E-state index is 0.115. The van der Waals surface area contributed by atoms with Gasteiger partial charge in [-0.3, -0.25) is 14.5 Å². The van der Waals surface area contributed by atoms with Gasteiger partial charge in [0, 0.05) is 17.6 Å². The van der Waals surface area contributed by atoms with Gasteiger partial charge in [0.15, 0.2) is 0 Å². The minimum atomic E-state index is -1.77. The summed E-state index contributed by atoms with van der Waals surface area (Å²) in [5, 5.41) is 2.38. The number of rotatable bonds is 5. The quantitative estimate of drug-likeness (QED) is 0.813. The Morgan fingerprint density at radius 3 is 2.31 bits per heavy atom. The second-order valence-electron chi connectivity index (χ2n) is 7.06. The van der Waals surface area contributed by atoms with E-state index in [1.54, 1.807) is 4.90 Å². The number of carbonyl (C=O) groups is 3. The third-order valence-electron chi connectivity index (χ3n) is 4.44. The Hall–Kier alpha value is -2.51. The summed E-state index contributed by atoms with van der Waals surface area (Å²) in [7, 11) is 0. The second-order valence-corrected chi connectivity index (χ2v) is 7.06. The first-order chi connectivity index (χ1) is 12.0. The van der Waals surface area contributed by atoms with Crippen LogP contribution in [0.1, 0.15) is 40.2 Å². The molecule has 6 nitrogen and oxygen atoms in total. The molecule has 2 rings (SSSR count). The summed E-state index contributed by atoms with van der Waals surface area (Å²) in [6.45, 7) is 8.14. The van der Waals surface area contributed by atoms with E-state index < -0.39 is 41.6 Å². The Bertz CT molecular complexity index is 743. The summed E-state index contributed by atoms with van der Waals surface area (Å²) < 4.78 is 27.7. The summed E-state index contributed by atoms with van der Waals surface area (Å²) in [6.07, 6.45) is 0. The number of hydrogen-bond donors (Lipinski definition) is 1. The number of imide groups is 1. The van der Waals surface area contributed by atoms with E-state index >= 15 is 0 Å². The number of nitrogens with zero attached hydrogens (tertiary/aromatic N) is 2. The highest BCUT2D eigenvalue weighted by Gasteiger charge is 2.51. The van der Waals surface area contributed by atoms with Crippen molar-refractivity contribution in [2.45, 2.75) is 52.2 Å². The van der Waals surface area contributed by atoms with Crippen molar-refractivity contribution in [3.8, 4) is 0 Å². The van der Waals surface area contributed by atoms with Gasteiger partial charge in [0.2, 0.25) is 5.91 Å². The molecule has 1 unspecified atom stereocenters. The van der Waals surface area contributed by atoms with E-state index in [2.05, 4.69) is 5.32 Å². The van der Waals surface area contributed by atoms with Crippen LogP contribution in [0.25, 0.3) is 0 Å². The van der Waals surface area contributed by atoms with E-state index in [0.29, 0.717) is 0 Å². The average molecular weight is 367 g/mol. The van der Waals surface area contributed by atoms with Crippen molar-refractivity contribution in [2.24, 2.45) is 0 Å². The van der Waals surface area contributed by atoms with Gasteiger partial charge in [-0.1, -0.05) is 0 Å². The van der Waals surface area contributed by atoms with Crippen LogP contribution in [0.4, 0.5) is 13.6 Å². The van der Waals surface area contributed by atoms with Crippen molar-refractivity contribution >= 4 is 17.8 Å². The third kappa shape index (κ3) is 3.40. The van der Waals surface area contributed by atoms with Crippen molar-refractivity contribution in [3.05, 3.63) is 35.4 Å². The standard InChI is InChI=1S/C18H23F2N3O3/c1-10(2)23(11(3)4)15(24)9-22-16(25)18(5,21-17(22)26)13-8-12(19)6-7-14(13)20/h6-8,10-11H,9H2,1-5H3,(H,21,26). The van der Waals surface area contributed by atoms with E-state index in [1.807, 2.05) is 27.7 Å². The number of benzene rings is 1. The van der Waals surface area contributed by atoms with Gasteiger partial charge in [-0.2, -0.15) is 0 Å². The lowest BCUT2D eigenvalue weighted by Crippen LogP contribution is -2.49. The lowest BCUT2D eigenvalue weighted by Gasteiger charge is -2.32. The molecular formula is C18H23F2N3O3. The fourth-order valence-corrected chi connectivity index (χ4v) is 3.29. The molecule has 1 N–H and O–H groups in total. The predicted octanol–water partition coefficient (Wildman–Crippen LogP) is 2.38. The highest BCUT2D eigenvalue weighted by atomic mass is 19.1. The van der Waals surface area contributed by atoms with E-state index in [9.17, 15) is 23.2 Å². The molecule has 1 atom stereocenters. The van der Waals surface area contributed by atoms with E-state index in [0.717, 1.165) is 23.1 Å². The first-order valence-corrected chi connectivity index (χ1v) is 8.39. The summed E-state index contributed by atoms with van der Waals surface area (Å²) in [5.41, 5.74) is -2.06. The Labute approximate surface area is 151 Å². The van der Waals surface area contributed by atoms with E-state index in [-0.39, 0.29) is 17.6 Å². The zero-order valence-corrected chi connectivity index (χ0v) is 15.5. The molecule has 1 saturated heterocycles. The Balaban J connectivity index is 2.31. The van der Waals surface area contributed by atoms with Gasteiger partial charge < -0.3 is 10.2 Å². The maximum absolute atomic E-state index is 14.1. The molecule has 0 spiro atoms. The van der Waals surface area contributed by atoms with Gasteiger partial charge in [-0.25, -0.2) is 13.6 Å². The molecule has 142 valence electrons. The average Bonchev–Trinajstić information content (AvgIpc) is 2.73. The highest BCUT2D eigenvalue weighted by Crippen LogP contribution is 2.31. The van der Waals surface area contributed by atoms with Crippen LogP contribution in [-0.2, 0) is 15.1 Å². The van der Waals surface area contributed by atoms with Gasteiger partial charge >= 0.3 is 6.03 Å². The Morgan fingerprint density at radius 2 is 1.77 bits per heavy atom. The van der Waals surface area contributed by atoms with Gasteiger partial charge in [0.25, 0.3) is 5.91 Å².